The Kier molecular flexibility index (Phi) is 4.46. The van der Waals surface area contributed by atoms with Gasteiger partial charge < -0.3 is 10.4 Å². The molecule has 19 heavy (non-hydrogen) atoms. The highest BCUT2D eigenvalue weighted by molar-refractivity contribution is 7.18. The van der Waals surface area contributed by atoms with Gasteiger partial charge in [-0.3, -0.25) is 9.59 Å². The second-order valence-corrected chi connectivity index (χ2v) is 5.18. The third kappa shape index (κ3) is 4.03. The third-order valence-corrected chi connectivity index (χ3v) is 3.66. The van der Waals surface area contributed by atoms with E-state index in [0.717, 1.165) is 15.2 Å². The predicted molar refractivity (Wildman–Crippen MR) is 73.2 cm³/mol. The molecule has 1 aromatic heterocycles. The lowest BCUT2D eigenvalue weighted by Crippen LogP contribution is -2.25. The van der Waals surface area contributed by atoms with Crippen LogP contribution in [-0.2, 0) is 16.0 Å². The minimum absolute atomic E-state index is 0.0230. The highest BCUT2D eigenvalue weighted by Gasteiger charge is 2.06. The van der Waals surface area contributed by atoms with Crippen LogP contribution in [0.25, 0.3) is 10.2 Å². The van der Waals surface area contributed by atoms with Crippen molar-refractivity contribution < 1.29 is 14.7 Å². The predicted octanol–water partition coefficient (Wildman–Crippen LogP) is 1.82. The largest absolute Gasteiger partial charge is 0.481 e. The monoisotopic (exact) mass is 278 g/mol. The van der Waals surface area contributed by atoms with Crippen LogP contribution in [0.2, 0.25) is 0 Å². The number of rotatable bonds is 6. The third-order valence-electron chi connectivity index (χ3n) is 2.57. The van der Waals surface area contributed by atoms with E-state index in [2.05, 4.69) is 10.3 Å². The standard InChI is InChI=1S/C13H14N2O3S/c16-11(5-6-13(17)18)14-8-7-12-15-9-3-1-2-4-10(9)19-12/h1-4H,5-8H2,(H,14,16)(H,17,18). The van der Waals surface area contributed by atoms with Crippen LogP contribution in [-0.4, -0.2) is 28.5 Å². The fourth-order valence-electron chi connectivity index (χ4n) is 1.64. The van der Waals surface area contributed by atoms with Crippen LogP contribution in [0.5, 0.6) is 0 Å². The van der Waals surface area contributed by atoms with Crippen molar-refractivity contribution in [2.45, 2.75) is 19.3 Å². The Hall–Kier alpha value is -1.95. The summed E-state index contributed by atoms with van der Waals surface area (Å²) in [4.78, 5) is 26.1. The number of aromatic nitrogens is 1. The Balaban J connectivity index is 1.79. The summed E-state index contributed by atoms with van der Waals surface area (Å²) in [7, 11) is 0. The van der Waals surface area contributed by atoms with Gasteiger partial charge in [-0.1, -0.05) is 12.1 Å². The molecule has 0 spiro atoms. The summed E-state index contributed by atoms with van der Waals surface area (Å²) in [6.07, 6.45) is 0.556. The second kappa shape index (κ2) is 6.29. The first-order valence-electron chi connectivity index (χ1n) is 5.98. The zero-order valence-electron chi connectivity index (χ0n) is 10.3. The molecule has 2 N–H and O–H groups in total. The molecule has 0 aliphatic carbocycles. The molecule has 1 aromatic carbocycles. The average molecular weight is 278 g/mol. The van der Waals surface area contributed by atoms with Crippen molar-refractivity contribution in [1.29, 1.82) is 0 Å². The van der Waals surface area contributed by atoms with E-state index < -0.39 is 5.97 Å². The van der Waals surface area contributed by atoms with Crippen molar-refractivity contribution in [2.24, 2.45) is 0 Å². The molecule has 0 atom stereocenters. The molecule has 0 bridgehead atoms. The van der Waals surface area contributed by atoms with Gasteiger partial charge in [0.15, 0.2) is 0 Å². The highest BCUT2D eigenvalue weighted by atomic mass is 32.1. The van der Waals surface area contributed by atoms with Crippen molar-refractivity contribution in [2.75, 3.05) is 6.54 Å². The van der Waals surface area contributed by atoms with Gasteiger partial charge >= 0.3 is 5.97 Å². The minimum atomic E-state index is -0.957. The molecule has 2 aromatic rings. The number of para-hydroxylation sites is 1. The average Bonchev–Trinajstić information content (AvgIpc) is 2.79. The van der Waals surface area contributed by atoms with Gasteiger partial charge in [-0.2, -0.15) is 0 Å². The maximum atomic E-state index is 11.3. The minimum Gasteiger partial charge on any atom is -0.481 e. The zero-order chi connectivity index (χ0) is 13.7. The van der Waals surface area contributed by atoms with Gasteiger partial charge in [0.25, 0.3) is 0 Å². The topological polar surface area (TPSA) is 79.3 Å². The van der Waals surface area contributed by atoms with E-state index in [9.17, 15) is 9.59 Å². The number of aliphatic carboxylic acids is 1. The quantitative estimate of drug-likeness (QED) is 0.844. The Morgan fingerprint density at radius 3 is 2.79 bits per heavy atom. The first kappa shape index (κ1) is 13.5. The van der Waals surface area contributed by atoms with Gasteiger partial charge in [-0.25, -0.2) is 4.98 Å². The molecule has 0 radical (unpaired) electrons. The molecule has 1 amide bonds. The lowest BCUT2D eigenvalue weighted by atomic mass is 10.3. The highest BCUT2D eigenvalue weighted by Crippen LogP contribution is 2.21. The van der Waals surface area contributed by atoms with Crippen LogP contribution in [0.3, 0.4) is 0 Å². The van der Waals surface area contributed by atoms with Crippen LogP contribution < -0.4 is 5.32 Å². The molecule has 0 unspecified atom stereocenters. The summed E-state index contributed by atoms with van der Waals surface area (Å²) in [5.74, 6) is -1.19. The number of nitrogens with zero attached hydrogens (tertiary/aromatic N) is 1. The lowest BCUT2D eigenvalue weighted by Gasteiger charge is -2.01. The molecule has 0 saturated carbocycles. The van der Waals surface area contributed by atoms with Crippen LogP contribution in [0.15, 0.2) is 24.3 Å². The van der Waals surface area contributed by atoms with Gasteiger partial charge in [0.05, 0.1) is 21.6 Å². The summed E-state index contributed by atoms with van der Waals surface area (Å²) in [6, 6.07) is 7.89. The molecule has 0 fully saturated rings. The van der Waals surface area contributed by atoms with Crippen LogP contribution in [0.1, 0.15) is 17.8 Å². The first-order chi connectivity index (χ1) is 9.15. The number of hydrogen-bond donors (Lipinski definition) is 2. The smallest absolute Gasteiger partial charge is 0.303 e. The second-order valence-electron chi connectivity index (χ2n) is 4.07. The fraction of sp³-hybridized carbons (Fsp3) is 0.308. The number of benzene rings is 1. The summed E-state index contributed by atoms with van der Waals surface area (Å²) >= 11 is 1.61. The molecule has 6 heteroatoms. The van der Waals surface area contributed by atoms with Gasteiger partial charge in [-0.15, -0.1) is 11.3 Å². The number of nitrogens with one attached hydrogen (secondary N) is 1. The molecular formula is C13H14N2O3S. The van der Waals surface area contributed by atoms with Crippen LogP contribution in [0, 0.1) is 0 Å². The Labute approximate surface area is 114 Å². The van der Waals surface area contributed by atoms with Crippen molar-refractivity contribution in [3.05, 3.63) is 29.3 Å². The molecule has 1 heterocycles. The van der Waals surface area contributed by atoms with Crippen LogP contribution >= 0.6 is 11.3 Å². The fourth-order valence-corrected chi connectivity index (χ4v) is 2.61. The SMILES string of the molecule is O=C(O)CCC(=O)NCCc1nc2ccccc2s1. The summed E-state index contributed by atoms with van der Waals surface area (Å²) in [6.45, 7) is 0.484. The van der Waals surface area contributed by atoms with Gasteiger partial charge in [0.2, 0.25) is 5.91 Å². The summed E-state index contributed by atoms with van der Waals surface area (Å²) < 4.78 is 1.13. The van der Waals surface area contributed by atoms with E-state index in [-0.39, 0.29) is 18.7 Å². The Bertz CT molecular complexity index is 561. The van der Waals surface area contributed by atoms with E-state index in [0.29, 0.717) is 13.0 Å². The number of hydrogen-bond acceptors (Lipinski definition) is 4. The van der Waals surface area contributed by atoms with Crippen molar-refractivity contribution in [3.63, 3.8) is 0 Å². The molecule has 2 rings (SSSR count). The number of carboxylic acids is 1. The van der Waals surface area contributed by atoms with E-state index in [1.165, 1.54) is 0 Å². The van der Waals surface area contributed by atoms with Crippen molar-refractivity contribution in [3.8, 4) is 0 Å². The van der Waals surface area contributed by atoms with Gasteiger partial charge in [0, 0.05) is 19.4 Å². The Morgan fingerprint density at radius 1 is 1.26 bits per heavy atom. The molecule has 100 valence electrons. The molecule has 0 aliphatic heterocycles. The first-order valence-corrected chi connectivity index (χ1v) is 6.80. The zero-order valence-corrected chi connectivity index (χ0v) is 11.1. The van der Waals surface area contributed by atoms with Gasteiger partial charge in [0.1, 0.15) is 0 Å². The number of carbonyl (C=O) groups excluding carboxylic acids is 1. The normalized spacial score (nSPS) is 10.5. The maximum Gasteiger partial charge on any atom is 0.303 e. The van der Waals surface area contributed by atoms with Gasteiger partial charge in [-0.05, 0) is 12.1 Å². The lowest BCUT2D eigenvalue weighted by molar-refractivity contribution is -0.138. The van der Waals surface area contributed by atoms with Crippen LogP contribution in [0.4, 0.5) is 0 Å². The number of carbonyl (C=O) groups is 2. The van der Waals surface area contributed by atoms with E-state index in [4.69, 9.17) is 5.11 Å². The number of amides is 1. The molecule has 5 nitrogen and oxygen atoms in total. The van der Waals surface area contributed by atoms with Crippen molar-refractivity contribution >= 4 is 33.4 Å². The van der Waals surface area contributed by atoms with Crippen molar-refractivity contribution in [1.82, 2.24) is 10.3 Å². The Morgan fingerprint density at radius 2 is 2.05 bits per heavy atom. The number of carboxylic acid groups (broad SMARTS) is 1. The van der Waals surface area contributed by atoms with E-state index in [1.54, 1.807) is 11.3 Å². The number of fused-ring (bicyclic) bond motifs is 1. The number of thiazole rings is 1. The van der Waals surface area contributed by atoms with E-state index >= 15 is 0 Å². The molecule has 0 saturated heterocycles. The molecule has 0 aliphatic rings. The summed E-state index contributed by atoms with van der Waals surface area (Å²) in [5, 5.41) is 12.1. The summed E-state index contributed by atoms with van der Waals surface area (Å²) in [5.41, 5.74) is 0.972. The molecular weight excluding hydrogens is 264 g/mol. The van der Waals surface area contributed by atoms with E-state index in [1.807, 2.05) is 24.3 Å². The maximum absolute atomic E-state index is 11.3.